The highest BCUT2D eigenvalue weighted by Gasteiger charge is 2.21. The zero-order chi connectivity index (χ0) is 16.9. The summed E-state index contributed by atoms with van der Waals surface area (Å²) in [4.78, 5) is 6.40. The number of oxime groups is 1. The summed E-state index contributed by atoms with van der Waals surface area (Å²) >= 11 is 0. The van der Waals surface area contributed by atoms with Gasteiger partial charge in [0.15, 0.2) is 5.84 Å². The topological polar surface area (TPSA) is 67.2 Å². The Morgan fingerprint density at radius 2 is 1.75 bits per heavy atom. The highest BCUT2D eigenvalue weighted by Crippen LogP contribution is 2.27. The van der Waals surface area contributed by atoms with Gasteiger partial charge in [0, 0.05) is 18.8 Å². The minimum Gasteiger partial charge on any atom is -0.497 e. The van der Waals surface area contributed by atoms with Crippen molar-refractivity contribution in [1.29, 1.82) is 0 Å². The van der Waals surface area contributed by atoms with E-state index in [4.69, 9.17) is 9.47 Å². The van der Waals surface area contributed by atoms with Crippen LogP contribution in [0, 0.1) is 6.92 Å². The fourth-order valence-corrected chi connectivity index (χ4v) is 2.47. The van der Waals surface area contributed by atoms with E-state index in [1.807, 2.05) is 48.2 Å². The van der Waals surface area contributed by atoms with Crippen LogP contribution in [-0.2, 0) is 0 Å². The molecule has 1 aliphatic rings. The van der Waals surface area contributed by atoms with Gasteiger partial charge in [0.05, 0.1) is 12.7 Å². The molecule has 0 fully saturated rings. The molecule has 6 heteroatoms. The smallest absolute Gasteiger partial charge is 0.230 e. The second-order valence-corrected chi connectivity index (χ2v) is 5.38. The molecular formula is C18H19N3O3. The van der Waals surface area contributed by atoms with Crippen LogP contribution in [0.3, 0.4) is 0 Å². The summed E-state index contributed by atoms with van der Waals surface area (Å²) in [7, 11) is 1.62. The van der Waals surface area contributed by atoms with Gasteiger partial charge in [0.2, 0.25) is 5.88 Å². The molecule has 1 N–H and O–H groups in total. The molecule has 1 aromatic carbocycles. The molecule has 124 valence electrons. The Kier molecular flexibility index (Phi) is 4.65. The quantitative estimate of drug-likeness (QED) is 0.307. The summed E-state index contributed by atoms with van der Waals surface area (Å²) in [5.41, 5.74) is 1.46. The zero-order valence-electron chi connectivity index (χ0n) is 13.6. The van der Waals surface area contributed by atoms with E-state index < -0.39 is 0 Å². The van der Waals surface area contributed by atoms with E-state index in [0.29, 0.717) is 36.1 Å². The van der Waals surface area contributed by atoms with E-state index in [2.05, 4.69) is 10.1 Å². The molecule has 1 aromatic heterocycles. The Balaban J connectivity index is 1.92. The van der Waals surface area contributed by atoms with Gasteiger partial charge in [-0.05, 0) is 43.3 Å². The van der Waals surface area contributed by atoms with Crippen LogP contribution in [0.15, 0.2) is 53.7 Å². The number of benzene rings is 1. The van der Waals surface area contributed by atoms with Crippen LogP contribution in [0.4, 0.5) is 0 Å². The lowest BCUT2D eigenvalue weighted by Gasteiger charge is -2.20. The van der Waals surface area contributed by atoms with Crippen molar-refractivity contribution in [1.82, 2.24) is 9.88 Å². The van der Waals surface area contributed by atoms with Crippen LogP contribution < -0.4 is 9.47 Å². The monoisotopic (exact) mass is 325 g/mol. The lowest BCUT2D eigenvalue weighted by molar-refractivity contribution is 0.307. The lowest BCUT2D eigenvalue weighted by Crippen LogP contribution is -2.29. The Bertz CT molecular complexity index is 762. The van der Waals surface area contributed by atoms with E-state index in [-0.39, 0.29) is 0 Å². The first-order valence-corrected chi connectivity index (χ1v) is 7.63. The largest absolute Gasteiger partial charge is 0.497 e. The molecule has 2 heterocycles. The predicted molar refractivity (Wildman–Crippen MR) is 91.1 cm³/mol. The molecule has 1 aliphatic heterocycles. The fraction of sp³-hybridized carbons (Fsp3) is 0.222. The summed E-state index contributed by atoms with van der Waals surface area (Å²) in [6.07, 6.45) is 4.05. The molecule has 24 heavy (non-hydrogen) atoms. The molecule has 0 amide bonds. The van der Waals surface area contributed by atoms with Crippen LogP contribution in [0.5, 0.6) is 17.4 Å². The average Bonchev–Trinajstić information content (AvgIpc) is 3.12. The van der Waals surface area contributed by atoms with Crippen molar-refractivity contribution in [3.63, 3.8) is 0 Å². The van der Waals surface area contributed by atoms with Gasteiger partial charge in [-0.3, -0.25) is 0 Å². The van der Waals surface area contributed by atoms with Gasteiger partial charge in [0.1, 0.15) is 11.5 Å². The van der Waals surface area contributed by atoms with Gasteiger partial charge in [-0.2, -0.15) is 0 Å². The van der Waals surface area contributed by atoms with E-state index in [0.717, 1.165) is 11.4 Å². The number of aromatic nitrogens is 1. The number of rotatable bonds is 4. The SMILES string of the molecule is COc1ccc(Oc2nc(C)ccc2/C(=N/O)N2CC=CC2)cc1. The third-order valence-corrected chi connectivity index (χ3v) is 3.73. The molecule has 3 rings (SSSR count). The minimum atomic E-state index is 0.403. The maximum Gasteiger partial charge on any atom is 0.230 e. The first-order valence-electron chi connectivity index (χ1n) is 7.63. The normalized spacial score (nSPS) is 14.1. The summed E-state index contributed by atoms with van der Waals surface area (Å²) in [5, 5.41) is 12.9. The third kappa shape index (κ3) is 3.32. The molecule has 0 unspecified atom stereocenters. The number of pyridine rings is 1. The van der Waals surface area contributed by atoms with E-state index in [1.54, 1.807) is 19.2 Å². The summed E-state index contributed by atoms with van der Waals surface area (Å²) in [6, 6.07) is 11.0. The Morgan fingerprint density at radius 1 is 1.08 bits per heavy atom. The van der Waals surface area contributed by atoms with Crippen LogP contribution >= 0.6 is 0 Å². The number of nitrogens with zero attached hydrogens (tertiary/aromatic N) is 3. The number of amidine groups is 1. The van der Waals surface area contributed by atoms with Crippen molar-refractivity contribution in [3.05, 3.63) is 59.8 Å². The van der Waals surface area contributed by atoms with Gasteiger partial charge < -0.3 is 19.6 Å². The summed E-state index contributed by atoms with van der Waals surface area (Å²) in [6.45, 7) is 3.27. The standard InChI is InChI=1S/C18H19N3O3/c1-13-5-10-16(17(20-22)21-11-3-4-12-21)18(19-13)24-15-8-6-14(23-2)7-9-15/h3-10,22H,11-12H2,1-2H3/b20-17-. The maximum atomic E-state index is 9.49. The van der Waals surface area contributed by atoms with Crippen molar-refractivity contribution in [3.8, 4) is 17.4 Å². The van der Waals surface area contributed by atoms with Gasteiger partial charge in [0.25, 0.3) is 0 Å². The van der Waals surface area contributed by atoms with Crippen molar-refractivity contribution >= 4 is 5.84 Å². The van der Waals surface area contributed by atoms with Gasteiger partial charge >= 0.3 is 0 Å². The van der Waals surface area contributed by atoms with Crippen molar-refractivity contribution < 1.29 is 14.7 Å². The second kappa shape index (κ2) is 7.04. The Labute approximate surface area is 140 Å². The Hall–Kier alpha value is -3.02. The number of hydrogen-bond acceptors (Lipinski definition) is 5. The van der Waals surface area contributed by atoms with E-state index in [1.165, 1.54) is 0 Å². The molecule has 0 atom stereocenters. The fourth-order valence-electron chi connectivity index (χ4n) is 2.47. The van der Waals surface area contributed by atoms with Crippen LogP contribution in [-0.4, -0.2) is 41.1 Å². The van der Waals surface area contributed by atoms with Crippen LogP contribution in [0.2, 0.25) is 0 Å². The predicted octanol–water partition coefficient (Wildman–Crippen LogP) is 3.20. The highest BCUT2D eigenvalue weighted by atomic mass is 16.5. The lowest BCUT2D eigenvalue weighted by atomic mass is 10.2. The first kappa shape index (κ1) is 15.9. The molecule has 2 aromatic rings. The van der Waals surface area contributed by atoms with E-state index >= 15 is 0 Å². The van der Waals surface area contributed by atoms with Crippen molar-refractivity contribution in [2.75, 3.05) is 20.2 Å². The second-order valence-electron chi connectivity index (χ2n) is 5.38. The molecule has 0 spiro atoms. The van der Waals surface area contributed by atoms with Crippen molar-refractivity contribution in [2.24, 2.45) is 5.16 Å². The van der Waals surface area contributed by atoms with Gasteiger partial charge in [-0.15, -0.1) is 0 Å². The molecule has 0 bridgehead atoms. The zero-order valence-corrected chi connectivity index (χ0v) is 13.6. The number of aryl methyl sites for hydroxylation is 1. The summed E-state index contributed by atoms with van der Waals surface area (Å²) < 4.78 is 11.1. The molecule has 6 nitrogen and oxygen atoms in total. The molecule has 0 saturated carbocycles. The maximum absolute atomic E-state index is 9.49. The minimum absolute atomic E-state index is 0.403. The number of hydrogen-bond donors (Lipinski definition) is 1. The first-order chi connectivity index (χ1) is 11.7. The third-order valence-electron chi connectivity index (χ3n) is 3.73. The average molecular weight is 325 g/mol. The highest BCUT2D eigenvalue weighted by molar-refractivity contribution is 6.00. The van der Waals surface area contributed by atoms with E-state index in [9.17, 15) is 5.21 Å². The summed E-state index contributed by atoms with van der Waals surface area (Å²) in [5.74, 6) is 2.23. The molecule has 0 saturated heterocycles. The van der Waals surface area contributed by atoms with Crippen LogP contribution in [0.1, 0.15) is 11.3 Å². The number of ether oxygens (including phenoxy) is 2. The number of methoxy groups -OCH3 is 1. The Morgan fingerprint density at radius 3 is 2.38 bits per heavy atom. The van der Waals surface area contributed by atoms with Gasteiger partial charge in [-0.1, -0.05) is 17.3 Å². The molecule has 0 aliphatic carbocycles. The molecular weight excluding hydrogens is 306 g/mol. The van der Waals surface area contributed by atoms with Crippen LogP contribution in [0.25, 0.3) is 0 Å². The van der Waals surface area contributed by atoms with Crippen molar-refractivity contribution in [2.45, 2.75) is 6.92 Å². The van der Waals surface area contributed by atoms with Gasteiger partial charge in [-0.25, -0.2) is 4.98 Å². The molecule has 0 radical (unpaired) electrons.